The molecular formula is C23H14ClF5N4S. The van der Waals surface area contributed by atoms with Gasteiger partial charge in [0.05, 0.1) is 22.1 Å². The molecule has 2 heterocycles. The van der Waals surface area contributed by atoms with Gasteiger partial charge in [-0.25, -0.2) is 31.9 Å². The number of anilines is 2. The van der Waals surface area contributed by atoms with Gasteiger partial charge in [0, 0.05) is 34.6 Å². The van der Waals surface area contributed by atoms with Crippen LogP contribution in [0.5, 0.6) is 0 Å². The Kier molecular flexibility index (Phi) is 5.73. The van der Waals surface area contributed by atoms with Gasteiger partial charge in [-0.2, -0.15) is 0 Å². The van der Waals surface area contributed by atoms with Gasteiger partial charge in [0.15, 0.2) is 23.3 Å². The molecule has 1 fully saturated rings. The lowest BCUT2D eigenvalue weighted by Gasteiger charge is -2.41. The molecule has 0 amide bonds. The Hall–Kier alpha value is -3.11. The predicted molar refractivity (Wildman–Crippen MR) is 123 cm³/mol. The van der Waals surface area contributed by atoms with Crippen molar-refractivity contribution in [3.63, 3.8) is 0 Å². The van der Waals surface area contributed by atoms with Crippen LogP contribution in [0.15, 0.2) is 47.6 Å². The van der Waals surface area contributed by atoms with E-state index in [1.54, 1.807) is 30.3 Å². The normalized spacial score (nSPS) is 13.9. The molecule has 0 aliphatic carbocycles. The average molecular weight is 509 g/mol. The molecule has 0 spiro atoms. The van der Waals surface area contributed by atoms with Crippen LogP contribution in [0, 0.1) is 29.1 Å². The van der Waals surface area contributed by atoms with Crippen molar-refractivity contribution in [1.29, 1.82) is 0 Å². The van der Waals surface area contributed by atoms with Gasteiger partial charge in [-0.05, 0) is 18.2 Å². The summed E-state index contributed by atoms with van der Waals surface area (Å²) in [7, 11) is 0. The lowest BCUT2D eigenvalue weighted by atomic mass is 10.0. The van der Waals surface area contributed by atoms with Crippen molar-refractivity contribution in [3.8, 4) is 11.1 Å². The van der Waals surface area contributed by atoms with Crippen LogP contribution in [-0.2, 0) is 0 Å². The molecule has 1 aromatic heterocycles. The minimum absolute atomic E-state index is 0.298. The fraction of sp³-hybridized carbons (Fsp3) is 0.130. The number of nitrogens with one attached hydrogen (secondary N) is 1. The van der Waals surface area contributed by atoms with Gasteiger partial charge in [0.2, 0.25) is 0 Å². The highest BCUT2D eigenvalue weighted by Gasteiger charge is 2.32. The number of fused-ring (bicyclic) bond motifs is 1. The summed E-state index contributed by atoms with van der Waals surface area (Å²) in [6, 6.07) is 9.14. The maximum absolute atomic E-state index is 14.3. The zero-order chi connectivity index (χ0) is 24.1. The van der Waals surface area contributed by atoms with Crippen LogP contribution in [0.4, 0.5) is 33.5 Å². The van der Waals surface area contributed by atoms with E-state index in [0.29, 0.717) is 46.0 Å². The highest BCUT2D eigenvalue weighted by atomic mass is 35.5. The Bertz CT molecular complexity index is 1420. The summed E-state index contributed by atoms with van der Waals surface area (Å²) in [4.78, 5) is 9.75. The summed E-state index contributed by atoms with van der Waals surface area (Å²) in [5.41, 5.74) is 0.813. The van der Waals surface area contributed by atoms with Gasteiger partial charge in [0.1, 0.15) is 18.0 Å². The smallest absolute Gasteiger partial charge is 0.199 e. The van der Waals surface area contributed by atoms with Crippen molar-refractivity contribution in [2.45, 2.75) is 10.9 Å². The second kappa shape index (κ2) is 8.59. The molecule has 4 nitrogen and oxygen atoms in total. The van der Waals surface area contributed by atoms with E-state index in [0.717, 1.165) is 0 Å². The molecule has 0 atom stereocenters. The van der Waals surface area contributed by atoms with Crippen molar-refractivity contribution >= 4 is 46.6 Å². The van der Waals surface area contributed by atoms with Crippen molar-refractivity contribution in [2.75, 3.05) is 23.3 Å². The summed E-state index contributed by atoms with van der Waals surface area (Å²) in [5.74, 6) is -6.81. The molecule has 0 bridgehead atoms. The largest absolute Gasteiger partial charge is 0.375 e. The van der Waals surface area contributed by atoms with Crippen molar-refractivity contribution in [1.82, 2.24) is 9.97 Å². The third kappa shape index (κ3) is 3.70. The first kappa shape index (κ1) is 22.7. The summed E-state index contributed by atoms with van der Waals surface area (Å²) >= 11 is 10.2. The van der Waals surface area contributed by atoms with Gasteiger partial charge in [-0.15, -0.1) is 12.6 Å². The lowest BCUT2D eigenvalue weighted by molar-refractivity contribution is 0.399. The molecule has 0 radical (unpaired) electrons. The first-order valence-corrected chi connectivity index (χ1v) is 10.8. The summed E-state index contributed by atoms with van der Waals surface area (Å²) in [5, 5.41) is 3.59. The number of benzene rings is 3. The molecule has 174 valence electrons. The molecule has 0 unspecified atom stereocenters. The minimum Gasteiger partial charge on any atom is -0.375 e. The number of halogens is 6. The van der Waals surface area contributed by atoms with Crippen molar-refractivity contribution < 1.29 is 22.0 Å². The molecule has 34 heavy (non-hydrogen) atoms. The molecular weight excluding hydrogens is 495 g/mol. The van der Waals surface area contributed by atoms with Gasteiger partial charge in [-0.3, -0.25) is 0 Å². The molecule has 0 saturated carbocycles. The Morgan fingerprint density at radius 1 is 0.912 bits per heavy atom. The Morgan fingerprint density at radius 2 is 1.62 bits per heavy atom. The predicted octanol–water partition coefficient (Wildman–Crippen LogP) is 6.24. The Labute approximate surface area is 200 Å². The Morgan fingerprint density at radius 3 is 2.35 bits per heavy atom. The van der Waals surface area contributed by atoms with Gasteiger partial charge >= 0.3 is 0 Å². The third-order valence-corrected chi connectivity index (χ3v) is 6.37. The zero-order valence-electron chi connectivity index (χ0n) is 17.1. The monoisotopic (exact) mass is 508 g/mol. The zero-order valence-corrected chi connectivity index (χ0v) is 18.7. The lowest BCUT2D eigenvalue weighted by Crippen LogP contribution is -2.55. The minimum atomic E-state index is -1.91. The fourth-order valence-corrected chi connectivity index (χ4v) is 4.43. The fourth-order valence-electron chi connectivity index (χ4n) is 3.90. The molecule has 1 saturated heterocycles. The van der Waals surface area contributed by atoms with Crippen LogP contribution in [-0.4, -0.2) is 29.1 Å². The van der Waals surface area contributed by atoms with Crippen LogP contribution in [0.25, 0.3) is 22.0 Å². The molecule has 1 N–H and O–H groups in total. The quantitative estimate of drug-likeness (QED) is 0.148. The van der Waals surface area contributed by atoms with Crippen LogP contribution in [0.3, 0.4) is 0 Å². The number of nitrogens with zero attached hydrogens (tertiary/aromatic N) is 3. The number of rotatable bonds is 4. The van der Waals surface area contributed by atoms with Gasteiger partial charge < -0.3 is 10.2 Å². The Balaban J connectivity index is 1.41. The van der Waals surface area contributed by atoms with E-state index in [1.807, 2.05) is 4.90 Å². The van der Waals surface area contributed by atoms with Crippen molar-refractivity contribution in [2.24, 2.45) is 0 Å². The molecule has 1 aliphatic rings. The molecule has 11 heteroatoms. The van der Waals surface area contributed by atoms with Crippen LogP contribution in [0.1, 0.15) is 0 Å². The van der Waals surface area contributed by atoms with Crippen molar-refractivity contribution in [3.05, 3.63) is 76.8 Å². The van der Waals surface area contributed by atoms with Crippen LogP contribution < -0.4 is 10.2 Å². The number of aromatic nitrogens is 2. The summed E-state index contributed by atoms with van der Waals surface area (Å²) in [6.45, 7) is 0.595. The molecule has 4 aromatic rings. The van der Waals surface area contributed by atoms with E-state index in [1.165, 1.54) is 12.4 Å². The SMILES string of the molecule is Fc1ccccc1-c1cc2ncnc(N3CC(Nc4c(F)c(F)c(F)c(F)c4S)C3)c2cc1Cl. The average Bonchev–Trinajstić information content (AvgIpc) is 2.80. The van der Waals surface area contributed by atoms with E-state index >= 15 is 0 Å². The van der Waals surface area contributed by atoms with Gasteiger partial charge in [-0.1, -0.05) is 29.8 Å². The first-order valence-electron chi connectivity index (χ1n) is 10.0. The highest BCUT2D eigenvalue weighted by Crippen LogP contribution is 2.37. The van der Waals surface area contributed by atoms with Crippen LogP contribution >= 0.6 is 24.2 Å². The van der Waals surface area contributed by atoms with E-state index in [2.05, 4.69) is 27.9 Å². The maximum Gasteiger partial charge on any atom is 0.199 e. The first-order chi connectivity index (χ1) is 16.3. The van der Waals surface area contributed by atoms with E-state index in [9.17, 15) is 22.0 Å². The van der Waals surface area contributed by atoms with E-state index in [-0.39, 0.29) is 0 Å². The number of hydrogen-bond acceptors (Lipinski definition) is 5. The van der Waals surface area contributed by atoms with Gasteiger partial charge in [0.25, 0.3) is 0 Å². The standard InChI is InChI=1S/C23H14ClF5N4S/c24-14-5-13-16(6-12(14)11-3-1-2-4-15(11)25)30-9-31-23(13)33-7-10(8-33)32-21-19(28)17(26)18(27)20(29)22(21)34/h1-6,9-10,32,34H,7-8H2. The van der Waals surface area contributed by atoms with Crippen LogP contribution in [0.2, 0.25) is 5.02 Å². The second-order valence-electron chi connectivity index (χ2n) is 7.75. The van der Waals surface area contributed by atoms with E-state index < -0.39 is 45.7 Å². The summed E-state index contributed by atoms with van der Waals surface area (Å²) < 4.78 is 69.2. The van der Waals surface area contributed by atoms with E-state index in [4.69, 9.17) is 11.6 Å². The third-order valence-electron chi connectivity index (χ3n) is 5.64. The molecule has 1 aliphatic heterocycles. The second-order valence-corrected chi connectivity index (χ2v) is 8.61. The molecule has 5 rings (SSSR count). The molecule has 3 aromatic carbocycles. The summed E-state index contributed by atoms with van der Waals surface area (Å²) in [6.07, 6.45) is 1.35. The number of hydrogen-bond donors (Lipinski definition) is 2. The maximum atomic E-state index is 14.3. The number of thiol groups is 1. The highest BCUT2D eigenvalue weighted by molar-refractivity contribution is 7.80. The topological polar surface area (TPSA) is 41.1 Å².